The summed E-state index contributed by atoms with van der Waals surface area (Å²) in [5.74, 6) is 0. The van der Waals surface area contributed by atoms with Gasteiger partial charge < -0.3 is 5.73 Å². The SMILES string of the molecule is C[C@@H](N)c1ccc2ccccc2c1.Cl. The fraction of sp³-hybridized carbons (Fsp3) is 0.167. The van der Waals surface area contributed by atoms with Crippen molar-refractivity contribution in [2.24, 2.45) is 5.73 Å². The number of benzene rings is 2. The number of hydrogen-bond donors (Lipinski definition) is 1. The van der Waals surface area contributed by atoms with E-state index in [1.807, 2.05) is 19.1 Å². The summed E-state index contributed by atoms with van der Waals surface area (Å²) in [5.41, 5.74) is 7.00. The van der Waals surface area contributed by atoms with Crippen molar-refractivity contribution in [1.82, 2.24) is 0 Å². The van der Waals surface area contributed by atoms with Crippen LogP contribution in [0.3, 0.4) is 0 Å². The molecule has 0 aliphatic carbocycles. The van der Waals surface area contributed by atoms with Gasteiger partial charge in [-0.1, -0.05) is 36.4 Å². The second-order valence-corrected chi connectivity index (χ2v) is 3.40. The van der Waals surface area contributed by atoms with Crippen LogP contribution in [0.25, 0.3) is 10.8 Å². The summed E-state index contributed by atoms with van der Waals surface area (Å²) >= 11 is 0. The Labute approximate surface area is 90.3 Å². The highest BCUT2D eigenvalue weighted by Gasteiger charge is 1.99. The van der Waals surface area contributed by atoms with Gasteiger partial charge in [-0.05, 0) is 29.3 Å². The molecule has 0 aromatic heterocycles. The number of rotatable bonds is 1. The summed E-state index contributed by atoms with van der Waals surface area (Å²) in [5, 5.41) is 2.53. The minimum Gasteiger partial charge on any atom is -0.324 e. The number of nitrogens with two attached hydrogens (primary N) is 1. The van der Waals surface area contributed by atoms with Gasteiger partial charge in [-0.25, -0.2) is 0 Å². The van der Waals surface area contributed by atoms with E-state index >= 15 is 0 Å². The Balaban J connectivity index is 0.000000980. The van der Waals surface area contributed by atoms with Crippen LogP contribution in [0.15, 0.2) is 42.5 Å². The van der Waals surface area contributed by atoms with Crippen molar-refractivity contribution in [3.8, 4) is 0 Å². The van der Waals surface area contributed by atoms with Gasteiger partial charge in [-0.2, -0.15) is 0 Å². The Bertz CT molecular complexity index is 423. The fourth-order valence-corrected chi connectivity index (χ4v) is 1.49. The van der Waals surface area contributed by atoms with Crippen LogP contribution in [0.1, 0.15) is 18.5 Å². The first-order valence-electron chi connectivity index (χ1n) is 4.51. The average molecular weight is 208 g/mol. The first kappa shape index (κ1) is 11.0. The van der Waals surface area contributed by atoms with Crippen molar-refractivity contribution in [3.63, 3.8) is 0 Å². The van der Waals surface area contributed by atoms with Crippen molar-refractivity contribution in [1.29, 1.82) is 0 Å². The van der Waals surface area contributed by atoms with E-state index in [0.29, 0.717) is 0 Å². The Morgan fingerprint density at radius 2 is 1.64 bits per heavy atom. The number of halogens is 1. The molecule has 0 aliphatic heterocycles. The molecule has 2 N–H and O–H groups in total. The zero-order valence-corrected chi connectivity index (χ0v) is 8.92. The van der Waals surface area contributed by atoms with Gasteiger partial charge in [-0.3, -0.25) is 0 Å². The van der Waals surface area contributed by atoms with Crippen LogP contribution in [0.5, 0.6) is 0 Å². The van der Waals surface area contributed by atoms with Crippen molar-refractivity contribution in [2.45, 2.75) is 13.0 Å². The van der Waals surface area contributed by atoms with E-state index in [0.717, 1.165) is 0 Å². The van der Waals surface area contributed by atoms with Gasteiger partial charge in [0, 0.05) is 6.04 Å². The maximum Gasteiger partial charge on any atom is 0.0266 e. The van der Waals surface area contributed by atoms with Crippen molar-refractivity contribution in [3.05, 3.63) is 48.0 Å². The van der Waals surface area contributed by atoms with Crippen molar-refractivity contribution >= 4 is 23.2 Å². The summed E-state index contributed by atoms with van der Waals surface area (Å²) in [6.45, 7) is 2.00. The molecule has 0 saturated heterocycles. The second-order valence-electron chi connectivity index (χ2n) is 3.40. The Hall–Kier alpha value is -1.05. The molecule has 14 heavy (non-hydrogen) atoms. The molecule has 0 amide bonds. The maximum absolute atomic E-state index is 5.80. The van der Waals surface area contributed by atoms with Gasteiger partial charge in [0.15, 0.2) is 0 Å². The summed E-state index contributed by atoms with van der Waals surface area (Å²) in [7, 11) is 0. The molecule has 0 unspecified atom stereocenters. The second kappa shape index (κ2) is 4.45. The number of fused-ring (bicyclic) bond motifs is 1. The third kappa shape index (κ3) is 2.06. The first-order valence-corrected chi connectivity index (χ1v) is 4.51. The lowest BCUT2D eigenvalue weighted by molar-refractivity contribution is 0.820. The van der Waals surface area contributed by atoms with Gasteiger partial charge in [0.1, 0.15) is 0 Å². The molecule has 2 rings (SSSR count). The van der Waals surface area contributed by atoms with Crippen LogP contribution in [-0.4, -0.2) is 0 Å². The van der Waals surface area contributed by atoms with Gasteiger partial charge in [0.2, 0.25) is 0 Å². The molecule has 2 heteroatoms. The largest absolute Gasteiger partial charge is 0.324 e. The Kier molecular flexibility index (Phi) is 3.50. The fourth-order valence-electron chi connectivity index (χ4n) is 1.49. The highest BCUT2D eigenvalue weighted by Crippen LogP contribution is 2.18. The standard InChI is InChI=1S/C12H13N.ClH/c1-9(13)11-7-6-10-4-2-3-5-12(10)8-11;/h2-9H,13H2,1H3;1H/t9-;/m1./s1. The molecule has 2 aromatic carbocycles. The van der Waals surface area contributed by atoms with E-state index in [-0.39, 0.29) is 18.4 Å². The van der Waals surface area contributed by atoms with E-state index in [4.69, 9.17) is 5.73 Å². The zero-order valence-electron chi connectivity index (χ0n) is 8.10. The van der Waals surface area contributed by atoms with Crippen LogP contribution in [0.4, 0.5) is 0 Å². The van der Waals surface area contributed by atoms with Gasteiger partial charge in [0.25, 0.3) is 0 Å². The van der Waals surface area contributed by atoms with E-state index in [2.05, 4.69) is 30.3 Å². The van der Waals surface area contributed by atoms with E-state index in [1.165, 1.54) is 16.3 Å². The lowest BCUT2D eigenvalue weighted by atomic mass is 10.0. The van der Waals surface area contributed by atoms with Crippen LogP contribution in [0.2, 0.25) is 0 Å². The smallest absolute Gasteiger partial charge is 0.0266 e. The third-order valence-corrected chi connectivity index (χ3v) is 2.30. The molecule has 2 aromatic rings. The minimum atomic E-state index is 0. The topological polar surface area (TPSA) is 26.0 Å². The molecule has 0 saturated carbocycles. The van der Waals surface area contributed by atoms with Crippen LogP contribution >= 0.6 is 12.4 Å². The predicted octanol–water partition coefficient (Wildman–Crippen LogP) is 3.28. The van der Waals surface area contributed by atoms with Crippen molar-refractivity contribution in [2.75, 3.05) is 0 Å². The minimum absolute atomic E-state index is 0. The average Bonchev–Trinajstić information content (AvgIpc) is 2.17. The molecule has 0 bridgehead atoms. The molecule has 0 spiro atoms. The van der Waals surface area contributed by atoms with Gasteiger partial charge in [0.05, 0.1) is 0 Å². The zero-order chi connectivity index (χ0) is 9.26. The van der Waals surface area contributed by atoms with Gasteiger partial charge >= 0.3 is 0 Å². The molecule has 0 heterocycles. The molecular formula is C12H14ClN. The molecule has 0 aliphatic rings. The molecule has 1 nitrogen and oxygen atoms in total. The molecule has 74 valence electrons. The molecule has 0 fully saturated rings. The van der Waals surface area contributed by atoms with Gasteiger partial charge in [-0.15, -0.1) is 12.4 Å². The summed E-state index contributed by atoms with van der Waals surface area (Å²) in [4.78, 5) is 0. The quantitative estimate of drug-likeness (QED) is 0.763. The van der Waals surface area contributed by atoms with Crippen molar-refractivity contribution < 1.29 is 0 Å². The monoisotopic (exact) mass is 207 g/mol. The van der Waals surface area contributed by atoms with E-state index < -0.39 is 0 Å². The molecular weight excluding hydrogens is 194 g/mol. The Morgan fingerprint density at radius 1 is 1.00 bits per heavy atom. The highest BCUT2D eigenvalue weighted by molar-refractivity contribution is 5.85. The number of hydrogen-bond acceptors (Lipinski definition) is 1. The van der Waals surface area contributed by atoms with E-state index in [9.17, 15) is 0 Å². The molecule has 0 radical (unpaired) electrons. The normalized spacial score (nSPS) is 12.1. The lowest BCUT2D eigenvalue weighted by Gasteiger charge is -2.06. The summed E-state index contributed by atoms with van der Waals surface area (Å²) in [6, 6.07) is 14.8. The maximum atomic E-state index is 5.80. The first-order chi connectivity index (χ1) is 6.27. The lowest BCUT2D eigenvalue weighted by Crippen LogP contribution is -2.04. The van der Waals surface area contributed by atoms with Crippen LogP contribution < -0.4 is 5.73 Å². The summed E-state index contributed by atoms with van der Waals surface area (Å²) < 4.78 is 0. The third-order valence-electron chi connectivity index (χ3n) is 2.30. The summed E-state index contributed by atoms with van der Waals surface area (Å²) in [6.07, 6.45) is 0. The predicted molar refractivity (Wildman–Crippen MR) is 63.8 cm³/mol. The van der Waals surface area contributed by atoms with Crippen LogP contribution in [0, 0.1) is 0 Å². The highest BCUT2D eigenvalue weighted by atomic mass is 35.5. The van der Waals surface area contributed by atoms with E-state index in [1.54, 1.807) is 0 Å². The van der Waals surface area contributed by atoms with Crippen LogP contribution in [-0.2, 0) is 0 Å². The Morgan fingerprint density at radius 3 is 2.29 bits per heavy atom. The molecule has 1 atom stereocenters.